The van der Waals surface area contributed by atoms with E-state index >= 15 is 0 Å². The summed E-state index contributed by atoms with van der Waals surface area (Å²) in [5.74, 6) is 0.671. The van der Waals surface area contributed by atoms with E-state index in [0.29, 0.717) is 20.5 Å². The molecule has 7 heteroatoms. The summed E-state index contributed by atoms with van der Waals surface area (Å²) >= 11 is 23.0. The number of aromatic nitrogens is 2. The molecule has 2 aromatic heterocycles. The van der Waals surface area contributed by atoms with Gasteiger partial charge in [0.15, 0.2) is 5.82 Å². The van der Waals surface area contributed by atoms with Crippen molar-refractivity contribution in [1.29, 1.82) is 0 Å². The van der Waals surface area contributed by atoms with Crippen LogP contribution in [-0.4, -0.2) is 9.97 Å². The van der Waals surface area contributed by atoms with E-state index in [2.05, 4.69) is 25.9 Å². The molecule has 0 aliphatic rings. The van der Waals surface area contributed by atoms with Crippen molar-refractivity contribution in [1.82, 2.24) is 9.97 Å². The van der Waals surface area contributed by atoms with Gasteiger partial charge in [0, 0.05) is 10.0 Å². The molecule has 2 heterocycles. The lowest BCUT2D eigenvalue weighted by molar-refractivity contribution is 0.848. The monoisotopic (exact) mass is 384 g/mol. The van der Waals surface area contributed by atoms with Crippen molar-refractivity contribution in [3.05, 3.63) is 30.7 Å². The zero-order valence-electron chi connectivity index (χ0n) is 9.47. The van der Waals surface area contributed by atoms with Crippen LogP contribution in [0.15, 0.2) is 10.5 Å². The maximum atomic E-state index is 6.15. The van der Waals surface area contributed by atoms with Crippen LogP contribution in [0.2, 0.25) is 14.6 Å². The zero-order chi connectivity index (χ0) is 13.4. The summed E-state index contributed by atoms with van der Waals surface area (Å²) in [6.07, 6.45) is 0. The molecule has 0 amide bonds. The second kappa shape index (κ2) is 5.63. The lowest BCUT2D eigenvalue weighted by Gasteiger charge is -2.10. The van der Waals surface area contributed by atoms with Crippen molar-refractivity contribution in [3.63, 3.8) is 0 Å². The summed E-state index contributed by atoms with van der Waals surface area (Å²) in [6.45, 7) is 3.99. The first-order valence-corrected chi connectivity index (χ1v) is 7.82. The highest BCUT2D eigenvalue weighted by molar-refractivity contribution is 9.10. The Morgan fingerprint density at radius 3 is 2.11 bits per heavy atom. The second-order valence-electron chi connectivity index (χ2n) is 3.93. The van der Waals surface area contributed by atoms with Crippen molar-refractivity contribution < 1.29 is 0 Å². The highest BCUT2D eigenvalue weighted by atomic mass is 79.9. The highest BCUT2D eigenvalue weighted by Gasteiger charge is 2.17. The van der Waals surface area contributed by atoms with Gasteiger partial charge in [-0.2, -0.15) is 0 Å². The fourth-order valence-electron chi connectivity index (χ4n) is 1.46. The van der Waals surface area contributed by atoms with Gasteiger partial charge in [-0.1, -0.05) is 48.7 Å². The van der Waals surface area contributed by atoms with E-state index in [0.717, 1.165) is 14.9 Å². The Balaban J connectivity index is 2.54. The van der Waals surface area contributed by atoms with Gasteiger partial charge in [0.2, 0.25) is 0 Å². The lowest BCUT2D eigenvalue weighted by atomic mass is 10.1. The molecule has 2 rings (SSSR count). The largest absolute Gasteiger partial charge is 0.215 e. The maximum absolute atomic E-state index is 6.15. The van der Waals surface area contributed by atoms with E-state index in [4.69, 9.17) is 34.8 Å². The molecule has 0 N–H and O–H groups in total. The normalized spacial score (nSPS) is 11.3. The molecule has 0 radical (unpaired) electrons. The Hall–Kier alpha value is 0.130. The topological polar surface area (TPSA) is 25.8 Å². The highest BCUT2D eigenvalue weighted by Crippen LogP contribution is 2.38. The van der Waals surface area contributed by atoms with Gasteiger partial charge < -0.3 is 0 Å². The second-order valence-corrected chi connectivity index (χ2v) is 7.15. The Bertz CT molecular complexity index is 555. The first kappa shape index (κ1) is 14.5. The van der Waals surface area contributed by atoms with Crippen molar-refractivity contribution in [3.8, 4) is 10.7 Å². The van der Waals surface area contributed by atoms with Gasteiger partial charge >= 0.3 is 0 Å². The van der Waals surface area contributed by atoms with Crippen LogP contribution < -0.4 is 0 Å². The molecule has 0 atom stereocenters. The van der Waals surface area contributed by atoms with E-state index < -0.39 is 0 Å². The minimum absolute atomic E-state index is 0.178. The van der Waals surface area contributed by atoms with E-state index in [-0.39, 0.29) is 5.92 Å². The number of halogens is 4. The van der Waals surface area contributed by atoms with Crippen LogP contribution >= 0.6 is 62.1 Å². The van der Waals surface area contributed by atoms with Crippen LogP contribution in [0.4, 0.5) is 0 Å². The summed E-state index contributed by atoms with van der Waals surface area (Å²) in [5, 5.41) is 0.779. The molecule has 2 aromatic rings. The van der Waals surface area contributed by atoms with Gasteiger partial charge in [-0.05, 0) is 27.9 Å². The van der Waals surface area contributed by atoms with Gasteiger partial charge in [0.1, 0.15) is 14.6 Å². The van der Waals surface area contributed by atoms with Gasteiger partial charge in [-0.15, -0.1) is 11.3 Å². The summed E-state index contributed by atoms with van der Waals surface area (Å²) in [5.41, 5.74) is 0.767. The van der Waals surface area contributed by atoms with Crippen molar-refractivity contribution >= 4 is 62.1 Å². The van der Waals surface area contributed by atoms with Gasteiger partial charge in [-0.3, -0.25) is 0 Å². The fraction of sp³-hybridized carbons (Fsp3) is 0.273. The molecule has 0 aliphatic heterocycles. The van der Waals surface area contributed by atoms with Crippen LogP contribution in [0.1, 0.15) is 25.3 Å². The third-order valence-corrected chi connectivity index (χ3v) is 5.34. The number of thiophene rings is 1. The summed E-state index contributed by atoms with van der Waals surface area (Å²) < 4.78 is 1.46. The van der Waals surface area contributed by atoms with Crippen molar-refractivity contribution in [2.75, 3.05) is 0 Å². The SMILES string of the molecule is CC(C)c1c(Cl)nc(-c2cc(Br)c(Cl)s2)nc1Cl. The molecule has 96 valence electrons. The standard InChI is InChI=1S/C11H8BrCl3N2S/c1-4(2)7-8(13)16-11(17-9(7)14)6-3-5(12)10(15)18-6/h3-4H,1-2H3. The van der Waals surface area contributed by atoms with Gasteiger partial charge in [0.25, 0.3) is 0 Å². The third-order valence-electron chi connectivity index (χ3n) is 2.30. The molecule has 0 saturated carbocycles. The van der Waals surface area contributed by atoms with Crippen molar-refractivity contribution in [2.24, 2.45) is 0 Å². The molecule has 2 nitrogen and oxygen atoms in total. The van der Waals surface area contributed by atoms with Crippen LogP contribution in [0, 0.1) is 0 Å². The van der Waals surface area contributed by atoms with Crippen LogP contribution in [-0.2, 0) is 0 Å². The van der Waals surface area contributed by atoms with E-state index in [1.54, 1.807) is 0 Å². The molecule has 0 saturated heterocycles. The van der Waals surface area contributed by atoms with Crippen LogP contribution in [0.5, 0.6) is 0 Å². The molecule has 0 aromatic carbocycles. The first-order chi connectivity index (χ1) is 8.40. The quantitative estimate of drug-likeness (QED) is 0.587. The zero-order valence-corrected chi connectivity index (χ0v) is 14.1. The van der Waals surface area contributed by atoms with E-state index in [9.17, 15) is 0 Å². The molecule has 0 bridgehead atoms. The minimum atomic E-state index is 0.178. The summed E-state index contributed by atoms with van der Waals surface area (Å²) in [7, 11) is 0. The Morgan fingerprint density at radius 1 is 1.17 bits per heavy atom. The third kappa shape index (κ3) is 2.83. The molecular weight excluding hydrogens is 378 g/mol. The van der Waals surface area contributed by atoms with Crippen molar-refractivity contribution in [2.45, 2.75) is 19.8 Å². The number of rotatable bonds is 2. The Labute approximate surface area is 132 Å². The smallest absolute Gasteiger partial charge is 0.172 e. The molecular formula is C11H8BrCl3N2S. The molecule has 0 fully saturated rings. The Kier molecular flexibility index (Phi) is 4.55. The average Bonchev–Trinajstić information content (AvgIpc) is 2.57. The first-order valence-electron chi connectivity index (χ1n) is 5.08. The molecule has 0 spiro atoms. The number of nitrogens with zero attached hydrogens (tertiary/aromatic N) is 2. The molecule has 0 aliphatic carbocycles. The average molecular weight is 387 g/mol. The number of hydrogen-bond acceptors (Lipinski definition) is 3. The molecule has 18 heavy (non-hydrogen) atoms. The predicted molar refractivity (Wildman–Crippen MR) is 82.2 cm³/mol. The summed E-state index contributed by atoms with van der Waals surface area (Å²) in [6, 6.07) is 1.85. The van der Waals surface area contributed by atoms with Gasteiger partial charge in [-0.25, -0.2) is 9.97 Å². The van der Waals surface area contributed by atoms with Gasteiger partial charge in [0.05, 0.1) is 4.88 Å². The maximum Gasteiger partial charge on any atom is 0.172 e. The predicted octanol–water partition coefficient (Wildman–Crippen LogP) is 6.05. The number of hydrogen-bond donors (Lipinski definition) is 0. The lowest BCUT2D eigenvalue weighted by Crippen LogP contribution is -1.98. The van der Waals surface area contributed by atoms with Crippen LogP contribution in [0.25, 0.3) is 10.7 Å². The Morgan fingerprint density at radius 2 is 1.72 bits per heavy atom. The minimum Gasteiger partial charge on any atom is -0.215 e. The molecule has 0 unspecified atom stereocenters. The van der Waals surface area contributed by atoms with Crippen LogP contribution in [0.3, 0.4) is 0 Å². The van der Waals surface area contributed by atoms with E-state index in [1.165, 1.54) is 11.3 Å². The van der Waals surface area contributed by atoms with E-state index in [1.807, 2.05) is 19.9 Å². The summed E-state index contributed by atoms with van der Waals surface area (Å²) in [4.78, 5) is 9.39. The fourth-order valence-corrected chi connectivity index (χ4v) is 3.92.